The number of amides is 1. The van der Waals surface area contributed by atoms with Crippen molar-refractivity contribution in [3.8, 4) is 0 Å². The van der Waals surface area contributed by atoms with Crippen LogP contribution in [0, 0.1) is 0 Å². The molecule has 0 spiro atoms. The van der Waals surface area contributed by atoms with Crippen molar-refractivity contribution < 1.29 is 27.4 Å². The molecule has 0 aliphatic carbocycles. The van der Waals surface area contributed by atoms with E-state index < -0.39 is 17.3 Å². The molecular weight excluding hydrogens is 397 g/mol. The first kappa shape index (κ1) is 23.0. The first-order valence-electron chi connectivity index (χ1n) is 10.7. The van der Waals surface area contributed by atoms with Crippen LogP contribution in [-0.2, 0) is 26.0 Å². The molecule has 0 aromatic heterocycles. The van der Waals surface area contributed by atoms with Gasteiger partial charge in [0, 0.05) is 26.2 Å². The lowest BCUT2D eigenvalue weighted by Crippen LogP contribution is -2.48. The summed E-state index contributed by atoms with van der Waals surface area (Å²) in [7, 11) is 0. The van der Waals surface area contributed by atoms with Gasteiger partial charge in [0.15, 0.2) is 0 Å². The van der Waals surface area contributed by atoms with Crippen molar-refractivity contribution in [1.29, 1.82) is 0 Å². The summed E-state index contributed by atoms with van der Waals surface area (Å²) < 4.78 is 50.5. The summed E-state index contributed by atoms with van der Waals surface area (Å²) in [5.74, 6) is -0.0602. The quantitative estimate of drug-likeness (QED) is 0.634. The molecule has 2 aliphatic heterocycles. The minimum absolute atomic E-state index is 0.0552. The van der Waals surface area contributed by atoms with Crippen molar-refractivity contribution in [2.75, 3.05) is 52.5 Å². The van der Waals surface area contributed by atoms with E-state index in [0.717, 1.165) is 37.3 Å². The Hall–Kier alpha value is -1.64. The van der Waals surface area contributed by atoms with Gasteiger partial charge < -0.3 is 19.3 Å². The number of alkyl halides is 3. The van der Waals surface area contributed by atoms with Gasteiger partial charge in [0.05, 0.1) is 17.8 Å². The van der Waals surface area contributed by atoms with E-state index in [-0.39, 0.29) is 12.5 Å². The zero-order chi connectivity index (χ0) is 21.6. The lowest BCUT2D eigenvalue weighted by Gasteiger charge is -2.42. The van der Waals surface area contributed by atoms with E-state index in [1.807, 2.05) is 6.92 Å². The molecule has 1 aromatic rings. The van der Waals surface area contributed by atoms with Crippen LogP contribution in [0.3, 0.4) is 0 Å². The Morgan fingerprint density at radius 2 is 1.70 bits per heavy atom. The maximum atomic E-state index is 13.0. The predicted molar refractivity (Wildman–Crippen MR) is 107 cm³/mol. The first-order chi connectivity index (χ1) is 14.3. The fourth-order valence-corrected chi connectivity index (χ4v) is 4.25. The first-order valence-corrected chi connectivity index (χ1v) is 10.7. The number of hydrogen-bond acceptors (Lipinski definition) is 4. The number of benzene rings is 1. The third-order valence-corrected chi connectivity index (χ3v) is 6.08. The minimum atomic E-state index is -4.36. The van der Waals surface area contributed by atoms with Gasteiger partial charge >= 0.3 is 6.18 Å². The Bertz CT molecular complexity index is 680. The van der Waals surface area contributed by atoms with Crippen molar-refractivity contribution in [2.45, 2.75) is 44.4 Å². The van der Waals surface area contributed by atoms with Gasteiger partial charge in [0.25, 0.3) is 0 Å². The van der Waals surface area contributed by atoms with E-state index >= 15 is 0 Å². The summed E-state index contributed by atoms with van der Waals surface area (Å²) >= 11 is 0. The summed E-state index contributed by atoms with van der Waals surface area (Å²) in [5, 5.41) is 0. The van der Waals surface area contributed by atoms with Crippen LogP contribution >= 0.6 is 0 Å². The van der Waals surface area contributed by atoms with E-state index in [0.29, 0.717) is 39.1 Å². The molecule has 168 valence electrons. The molecule has 2 heterocycles. The highest BCUT2D eigenvalue weighted by atomic mass is 19.4. The van der Waals surface area contributed by atoms with Crippen LogP contribution in [-0.4, -0.2) is 68.3 Å². The summed E-state index contributed by atoms with van der Waals surface area (Å²) in [6.07, 6.45) is -0.869. The van der Waals surface area contributed by atoms with E-state index in [2.05, 4.69) is 4.90 Å². The van der Waals surface area contributed by atoms with Gasteiger partial charge in [-0.1, -0.05) is 12.1 Å². The summed E-state index contributed by atoms with van der Waals surface area (Å²) in [5.41, 5.74) is -0.594. The zero-order valence-corrected chi connectivity index (χ0v) is 17.5. The van der Waals surface area contributed by atoms with Crippen molar-refractivity contribution in [1.82, 2.24) is 9.80 Å². The minimum Gasteiger partial charge on any atom is -0.372 e. The Balaban J connectivity index is 1.70. The molecular formula is C22H31F3N2O3. The van der Waals surface area contributed by atoms with Gasteiger partial charge in [-0.3, -0.25) is 4.79 Å². The van der Waals surface area contributed by atoms with Crippen LogP contribution in [0.2, 0.25) is 0 Å². The number of carbonyl (C=O) groups excluding carboxylic acids is 1. The zero-order valence-electron chi connectivity index (χ0n) is 17.5. The second kappa shape index (κ2) is 10.1. The van der Waals surface area contributed by atoms with Gasteiger partial charge in [-0.2, -0.15) is 13.2 Å². The molecule has 0 radical (unpaired) electrons. The van der Waals surface area contributed by atoms with Gasteiger partial charge in [-0.25, -0.2) is 0 Å². The van der Waals surface area contributed by atoms with E-state index in [1.165, 1.54) is 25.0 Å². The molecule has 2 aliphatic rings. The van der Waals surface area contributed by atoms with Crippen LogP contribution in [0.15, 0.2) is 24.3 Å². The fourth-order valence-electron chi connectivity index (χ4n) is 4.25. The third-order valence-electron chi connectivity index (χ3n) is 6.08. The number of halogens is 3. The van der Waals surface area contributed by atoms with Gasteiger partial charge in [0.1, 0.15) is 6.61 Å². The number of carbonyl (C=O) groups is 1. The number of ether oxygens (including phenoxy) is 2. The molecule has 5 nitrogen and oxygen atoms in total. The van der Waals surface area contributed by atoms with Crippen molar-refractivity contribution in [2.24, 2.45) is 0 Å². The Morgan fingerprint density at radius 3 is 2.27 bits per heavy atom. The van der Waals surface area contributed by atoms with E-state index in [1.54, 1.807) is 4.90 Å². The molecule has 0 bridgehead atoms. The van der Waals surface area contributed by atoms with Crippen LogP contribution in [0.25, 0.3) is 0 Å². The van der Waals surface area contributed by atoms with Crippen LogP contribution in [0.5, 0.6) is 0 Å². The third kappa shape index (κ3) is 5.74. The SMILES string of the molecule is CCOCC(=O)N1CCC(OCCN2CCCC2)(c2ccc(C(F)(F)F)cc2)CC1. The van der Waals surface area contributed by atoms with Gasteiger partial charge in [0.2, 0.25) is 5.91 Å². The monoisotopic (exact) mass is 428 g/mol. The lowest BCUT2D eigenvalue weighted by molar-refractivity contribution is -0.144. The summed E-state index contributed by atoms with van der Waals surface area (Å²) in [4.78, 5) is 16.4. The Morgan fingerprint density at radius 1 is 1.07 bits per heavy atom. The van der Waals surface area contributed by atoms with E-state index in [9.17, 15) is 18.0 Å². The summed E-state index contributed by atoms with van der Waals surface area (Å²) in [6.45, 7) is 6.84. The highest BCUT2D eigenvalue weighted by molar-refractivity contribution is 5.77. The van der Waals surface area contributed by atoms with Crippen molar-refractivity contribution >= 4 is 5.91 Å². The summed E-state index contributed by atoms with van der Waals surface area (Å²) in [6, 6.07) is 5.29. The fraction of sp³-hybridized carbons (Fsp3) is 0.682. The number of likely N-dealkylation sites (tertiary alicyclic amines) is 2. The molecule has 0 atom stereocenters. The Labute approximate surface area is 176 Å². The van der Waals surface area contributed by atoms with Crippen LogP contribution in [0.1, 0.15) is 43.7 Å². The van der Waals surface area contributed by atoms with Crippen molar-refractivity contribution in [3.05, 3.63) is 35.4 Å². The highest BCUT2D eigenvalue weighted by Gasteiger charge is 2.39. The van der Waals surface area contributed by atoms with Gasteiger partial charge in [-0.15, -0.1) is 0 Å². The standard InChI is InChI=1S/C22H31F3N2O3/c1-2-29-17-20(28)27-13-9-21(10-14-27,30-16-15-26-11-3-4-12-26)18-5-7-19(8-6-18)22(23,24)25/h5-8H,2-4,9-17H2,1H3. The highest BCUT2D eigenvalue weighted by Crippen LogP contribution is 2.38. The number of piperidine rings is 1. The topological polar surface area (TPSA) is 42.0 Å². The molecule has 30 heavy (non-hydrogen) atoms. The second-order valence-electron chi connectivity index (χ2n) is 7.98. The second-order valence-corrected chi connectivity index (χ2v) is 7.98. The average Bonchev–Trinajstić information content (AvgIpc) is 3.25. The largest absolute Gasteiger partial charge is 0.416 e. The molecule has 1 aromatic carbocycles. The molecule has 2 fully saturated rings. The Kier molecular flexibility index (Phi) is 7.76. The molecule has 1 amide bonds. The maximum Gasteiger partial charge on any atom is 0.416 e. The number of hydrogen-bond donors (Lipinski definition) is 0. The maximum absolute atomic E-state index is 13.0. The van der Waals surface area contributed by atoms with Crippen LogP contribution in [0.4, 0.5) is 13.2 Å². The normalized spacial score (nSPS) is 19.9. The number of nitrogens with zero attached hydrogens (tertiary/aromatic N) is 2. The van der Waals surface area contributed by atoms with Crippen molar-refractivity contribution in [3.63, 3.8) is 0 Å². The average molecular weight is 428 g/mol. The van der Waals surface area contributed by atoms with Crippen LogP contribution < -0.4 is 0 Å². The molecule has 0 N–H and O–H groups in total. The molecule has 8 heteroatoms. The predicted octanol–water partition coefficient (Wildman–Crippen LogP) is 3.67. The molecule has 0 unspecified atom stereocenters. The smallest absolute Gasteiger partial charge is 0.372 e. The van der Waals surface area contributed by atoms with Gasteiger partial charge in [-0.05, 0) is 63.4 Å². The molecule has 2 saturated heterocycles. The molecule has 3 rings (SSSR count). The number of rotatable bonds is 8. The van der Waals surface area contributed by atoms with E-state index in [4.69, 9.17) is 9.47 Å². The lowest BCUT2D eigenvalue weighted by atomic mass is 9.83. The molecule has 0 saturated carbocycles.